The molecule has 0 fully saturated rings. The van der Waals surface area contributed by atoms with Crippen LogP contribution >= 0.6 is 0 Å². The van der Waals surface area contributed by atoms with Crippen molar-refractivity contribution in [1.82, 2.24) is 5.32 Å². The third kappa shape index (κ3) is 7.46. The molecule has 4 heteroatoms. The average Bonchev–Trinajstić information content (AvgIpc) is 2.41. The van der Waals surface area contributed by atoms with Crippen molar-refractivity contribution >= 4 is 5.91 Å². The summed E-state index contributed by atoms with van der Waals surface area (Å²) in [6, 6.07) is 7.35. The highest BCUT2D eigenvalue weighted by atomic mass is 16.5. The molecule has 4 nitrogen and oxygen atoms in total. The summed E-state index contributed by atoms with van der Waals surface area (Å²) < 4.78 is 5.61. The van der Waals surface area contributed by atoms with E-state index >= 15 is 0 Å². The van der Waals surface area contributed by atoms with Gasteiger partial charge in [0.25, 0.3) is 0 Å². The highest BCUT2D eigenvalue weighted by molar-refractivity contribution is 5.75. The predicted molar refractivity (Wildman–Crippen MR) is 88.9 cm³/mol. The van der Waals surface area contributed by atoms with Gasteiger partial charge in [-0.15, -0.1) is 0 Å². The lowest BCUT2D eigenvalue weighted by atomic mass is 9.90. The topological polar surface area (TPSA) is 58.6 Å². The molecule has 0 aliphatic heterocycles. The fraction of sp³-hybridized carbons (Fsp3) is 0.611. The zero-order valence-electron chi connectivity index (χ0n) is 14.3. The second kappa shape index (κ2) is 8.18. The van der Waals surface area contributed by atoms with E-state index in [-0.39, 0.29) is 24.0 Å². The minimum atomic E-state index is -0.728. The van der Waals surface area contributed by atoms with Crippen molar-refractivity contribution in [2.24, 2.45) is 5.41 Å². The van der Waals surface area contributed by atoms with Gasteiger partial charge >= 0.3 is 0 Å². The van der Waals surface area contributed by atoms with Gasteiger partial charge in [0.1, 0.15) is 5.75 Å². The molecule has 1 aromatic carbocycles. The first-order valence-corrected chi connectivity index (χ1v) is 7.89. The highest BCUT2D eigenvalue weighted by Crippen LogP contribution is 2.21. The van der Waals surface area contributed by atoms with Gasteiger partial charge in [-0.25, -0.2) is 0 Å². The summed E-state index contributed by atoms with van der Waals surface area (Å²) >= 11 is 0. The van der Waals surface area contributed by atoms with Gasteiger partial charge in [-0.1, -0.05) is 32.9 Å². The summed E-state index contributed by atoms with van der Waals surface area (Å²) in [4.78, 5) is 11.8. The number of aliphatic hydroxyl groups excluding tert-OH is 1. The van der Waals surface area contributed by atoms with Gasteiger partial charge in [-0.05, 0) is 43.4 Å². The molecule has 2 N–H and O–H groups in total. The lowest BCUT2D eigenvalue weighted by Gasteiger charge is -2.18. The summed E-state index contributed by atoms with van der Waals surface area (Å²) in [5.74, 6) is 0.703. The van der Waals surface area contributed by atoms with Gasteiger partial charge in [0.05, 0.1) is 12.2 Å². The van der Waals surface area contributed by atoms with E-state index in [2.05, 4.69) is 26.1 Å². The molecule has 0 spiro atoms. The number of carbonyl (C=O) groups excluding carboxylic acids is 1. The number of ether oxygens (including phenoxy) is 1. The van der Waals surface area contributed by atoms with E-state index in [0.29, 0.717) is 6.42 Å². The maximum Gasteiger partial charge on any atom is 0.220 e. The number of hydrogen-bond donors (Lipinski definition) is 2. The summed E-state index contributed by atoms with van der Waals surface area (Å²) in [6.07, 6.45) is 0.665. The minimum absolute atomic E-state index is 0.0245. The first-order chi connectivity index (χ1) is 10.2. The minimum Gasteiger partial charge on any atom is -0.491 e. The van der Waals surface area contributed by atoms with Gasteiger partial charge in [0.2, 0.25) is 5.91 Å². The molecule has 0 aliphatic carbocycles. The number of nitrogens with one attached hydrogen (secondary N) is 1. The number of benzene rings is 1. The molecule has 1 aromatic rings. The average molecular weight is 307 g/mol. The van der Waals surface area contributed by atoms with Gasteiger partial charge in [-0.3, -0.25) is 4.79 Å². The molecular formula is C18H29NO3. The van der Waals surface area contributed by atoms with E-state index < -0.39 is 6.10 Å². The summed E-state index contributed by atoms with van der Waals surface area (Å²) in [7, 11) is 0. The first kappa shape index (κ1) is 18.5. The maximum absolute atomic E-state index is 11.8. The molecule has 1 amide bonds. The molecule has 0 aromatic heterocycles. The molecule has 124 valence electrons. The number of hydrogen-bond acceptors (Lipinski definition) is 3. The third-order valence-corrected chi connectivity index (χ3v) is 3.21. The van der Waals surface area contributed by atoms with Crippen LogP contribution in [0.1, 0.15) is 59.1 Å². The number of amides is 1. The molecule has 22 heavy (non-hydrogen) atoms. The SMILES string of the molecule is CC(C)Oc1cccc(C(O)CNC(=O)CCC(C)(C)C)c1. The van der Waals surface area contributed by atoms with Crippen LogP contribution in [0.15, 0.2) is 24.3 Å². The molecule has 1 unspecified atom stereocenters. The second-order valence-corrected chi connectivity index (χ2v) is 7.12. The van der Waals surface area contributed by atoms with Crippen molar-refractivity contribution in [3.05, 3.63) is 29.8 Å². The monoisotopic (exact) mass is 307 g/mol. The molecule has 0 heterocycles. The fourth-order valence-corrected chi connectivity index (χ4v) is 1.97. The third-order valence-electron chi connectivity index (χ3n) is 3.21. The standard InChI is InChI=1S/C18H29NO3/c1-13(2)22-15-8-6-7-14(11-15)16(20)12-19-17(21)9-10-18(3,4)5/h6-8,11,13,16,20H,9-10,12H2,1-5H3,(H,19,21). The normalized spacial score (nSPS) is 13.0. The van der Waals surface area contributed by atoms with Crippen LogP contribution in [0.2, 0.25) is 0 Å². The quantitative estimate of drug-likeness (QED) is 0.811. The Bertz CT molecular complexity index is 477. The number of carbonyl (C=O) groups is 1. The molecule has 0 saturated heterocycles. The Hall–Kier alpha value is -1.55. The van der Waals surface area contributed by atoms with Crippen molar-refractivity contribution in [3.8, 4) is 5.75 Å². The molecular weight excluding hydrogens is 278 g/mol. The van der Waals surface area contributed by atoms with Gasteiger partial charge in [0, 0.05) is 13.0 Å². The Morgan fingerprint density at radius 2 is 2.00 bits per heavy atom. The second-order valence-electron chi connectivity index (χ2n) is 7.12. The maximum atomic E-state index is 11.8. The van der Waals surface area contributed by atoms with Gasteiger partial charge < -0.3 is 15.2 Å². The van der Waals surface area contributed by atoms with Crippen LogP contribution in [0.5, 0.6) is 5.75 Å². The van der Waals surface area contributed by atoms with Crippen molar-refractivity contribution in [2.45, 2.75) is 59.7 Å². The van der Waals surface area contributed by atoms with Crippen LogP contribution in [0.25, 0.3) is 0 Å². The van der Waals surface area contributed by atoms with Gasteiger partial charge in [0.15, 0.2) is 0 Å². The van der Waals surface area contributed by atoms with Crippen molar-refractivity contribution in [1.29, 1.82) is 0 Å². The highest BCUT2D eigenvalue weighted by Gasteiger charge is 2.14. The van der Waals surface area contributed by atoms with E-state index in [1.165, 1.54) is 0 Å². The summed E-state index contributed by atoms with van der Waals surface area (Å²) in [5.41, 5.74) is 0.882. The van der Waals surface area contributed by atoms with Crippen LogP contribution in [0.4, 0.5) is 0 Å². The van der Waals surface area contributed by atoms with E-state index in [1.54, 1.807) is 0 Å². The zero-order chi connectivity index (χ0) is 16.8. The molecule has 1 atom stereocenters. The van der Waals surface area contributed by atoms with Crippen LogP contribution in [-0.2, 0) is 4.79 Å². The summed E-state index contributed by atoms with van der Waals surface area (Å²) in [6.45, 7) is 10.4. The van der Waals surface area contributed by atoms with Crippen LogP contribution in [0, 0.1) is 5.41 Å². The molecule has 1 rings (SSSR count). The van der Waals surface area contributed by atoms with Crippen molar-refractivity contribution in [2.75, 3.05) is 6.54 Å². The predicted octanol–water partition coefficient (Wildman–Crippen LogP) is 3.45. The van der Waals surface area contributed by atoms with Crippen LogP contribution in [0.3, 0.4) is 0 Å². The first-order valence-electron chi connectivity index (χ1n) is 7.89. The lowest BCUT2D eigenvalue weighted by Crippen LogP contribution is -2.29. The molecule has 0 radical (unpaired) electrons. The lowest BCUT2D eigenvalue weighted by molar-refractivity contribution is -0.122. The Labute approximate surface area is 133 Å². The van der Waals surface area contributed by atoms with Crippen molar-refractivity contribution in [3.63, 3.8) is 0 Å². The van der Waals surface area contributed by atoms with Crippen molar-refractivity contribution < 1.29 is 14.6 Å². The number of rotatable bonds is 7. The molecule has 0 saturated carbocycles. The van der Waals surface area contributed by atoms with E-state index in [9.17, 15) is 9.90 Å². The summed E-state index contributed by atoms with van der Waals surface area (Å²) in [5, 5.41) is 13.0. The van der Waals surface area contributed by atoms with Crippen LogP contribution in [-0.4, -0.2) is 23.7 Å². The Morgan fingerprint density at radius 3 is 2.59 bits per heavy atom. The van der Waals surface area contributed by atoms with Crippen LogP contribution < -0.4 is 10.1 Å². The smallest absolute Gasteiger partial charge is 0.220 e. The fourth-order valence-electron chi connectivity index (χ4n) is 1.97. The molecule has 0 aliphatic rings. The van der Waals surface area contributed by atoms with E-state index in [0.717, 1.165) is 17.7 Å². The van der Waals surface area contributed by atoms with E-state index in [4.69, 9.17) is 4.74 Å². The van der Waals surface area contributed by atoms with Gasteiger partial charge in [-0.2, -0.15) is 0 Å². The zero-order valence-corrected chi connectivity index (χ0v) is 14.3. The Kier molecular flexibility index (Phi) is 6.88. The number of aliphatic hydroxyl groups is 1. The Balaban J connectivity index is 2.48. The van der Waals surface area contributed by atoms with E-state index in [1.807, 2.05) is 38.1 Å². The molecule has 0 bridgehead atoms. The largest absolute Gasteiger partial charge is 0.491 e. The Morgan fingerprint density at radius 1 is 1.32 bits per heavy atom.